The highest BCUT2D eigenvalue weighted by molar-refractivity contribution is 5.24. The molecule has 2 rings (SSSR count). The molecule has 25 heavy (non-hydrogen) atoms. The summed E-state index contributed by atoms with van der Waals surface area (Å²) in [5.74, 6) is 0. The molecular weight excluding hydrogens is 344 g/mol. The van der Waals surface area contributed by atoms with Crippen LogP contribution in [0, 0.1) is 40.5 Å². The first-order chi connectivity index (χ1) is 11.7. The summed E-state index contributed by atoms with van der Waals surface area (Å²) < 4.78 is 5.02. The summed E-state index contributed by atoms with van der Waals surface area (Å²) in [7, 11) is 0. The van der Waals surface area contributed by atoms with Crippen molar-refractivity contribution in [2.75, 3.05) is 0 Å². The molecular formula is C12H10N4O9. The van der Waals surface area contributed by atoms with Crippen molar-refractivity contribution in [3.05, 3.63) is 89.1 Å². The first kappa shape index (κ1) is 17.9. The fraction of sp³-hybridized carbons (Fsp3) is 0.333. The third kappa shape index (κ3) is 2.76. The molecule has 0 radical (unpaired) electrons. The molecule has 0 aliphatic heterocycles. The minimum absolute atomic E-state index is 0.662. The Labute approximate surface area is 138 Å². The van der Waals surface area contributed by atoms with Gasteiger partial charge in [0.05, 0.1) is 9.85 Å². The molecule has 0 saturated heterocycles. The molecule has 4 atom stereocenters. The molecule has 0 aromatic carbocycles. The second-order valence-corrected chi connectivity index (χ2v) is 5.07. The van der Waals surface area contributed by atoms with Crippen LogP contribution in [0.4, 0.5) is 0 Å². The predicted molar refractivity (Wildman–Crippen MR) is 78.7 cm³/mol. The van der Waals surface area contributed by atoms with Crippen molar-refractivity contribution in [2.24, 2.45) is 0 Å². The number of rotatable bonds is 6. The van der Waals surface area contributed by atoms with Crippen molar-refractivity contribution in [1.82, 2.24) is 0 Å². The van der Waals surface area contributed by atoms with Gasteiger partial charge in [0.2, 0.25) is 0 Å². The number of hydrogen-bond acceptors (Lipinski definition) is 9. The lowest BCUT2D eigenvalue weighted by atomic mass is 9.95. The zero-order chi connectivity index (χ0) is 18.8. The Kier molecular flexibility index (Phi) is 4.43. The Balaban J connectivity index is 2.63. The topological polar surface area (TPSA) is 182 Å². The van der Waals surface area contributed by atoms with Gasteiger partial charge in [0.1, 0.15) is 0 Å². The molecule has 0 N–H and O–H groups in total. The van der Waals surface area contributed by atoms with Gasteiger partial charge in [0.25, 0.3) is 0 Å². The van der Waals surface area contributed by atoms with Crippen LogP contribution >= 0.6 is 0 Å². The summed E-state index contributed by atoms with van der Waals surface area (Å²) >= 11 is 0. The van der Waals surface area contributed by atoms with Gasteiger partial charge in [-0.3, -0.25) is 40.5 Å². The Morgan fingerprint density at radius 1 is 0.680 bits per heavy atom. The highest BCUT2D eigenvalue weighted by Crippen LogP contribution is 2.36. The van der Waals surface area contributed by atoms with E-state index >= 15 is 0 Å². The highest BCUT2D eigenvalue weighted by Gasteiger charge is 2.70. The van der Waals surface area contributed by atoms with Crippen molar-refractivity contribution in [3.8, 4) is 0 Å². The summed E-state index contributed by atoms with van der Waals surface area (Å²) in [6.07, 6.45) is 7.32. The van der Waals surface area contributed by atoms with Gasteiger partial charge in [-0.05, 0) is 12.2 Å². The molecule has 0 bridgehead atoms. The fourth-order valence-electron chi connectivity index (χ4n) is 2.50. The van der Waals surface area contributed by atoms with Gasteiger partial charge in [-0.1, -0.05) is 24.3 Å². The molecule has 0 aromatic heterocycles. The Hall–Kier alpha value is -3.48. The monoisotopic (exact) mass is 354 g/mol. The minimum atomic E-state index is -2.99. The van der Waals surface area contributed by atoms with Crippen LogP contribution in [-0.4, -0.2) is 43.2 Å². The van der Waals surface area contributed by atoms with Crippen LogP contribution in [0.1, 0.15) is 0 Å². The van der Waals surface area contributed by atoms with E-state index in [0.29, 0.717) is 12.2 Å². The number of ether oxygens (including phenoxy) is 1. The molecule has 13 nitrogen and oxygen atoms in total. The highest BCUT2D eigenvalue weighted by atomic mass is 16.7. The zero-order valence-corrected chi connectivity index (χ0v) is 12.2. The van der Waals surface area contributed by atoms with Crippen molar-refractivity contribution < 1.29 is 24.4 Å². The van der Waals surface area contributed by atoms with E-state index in [4.69, 9.17) is 4.74 Å². The number of hydrogen-bond donors (Lipinski definition) is 0. The molecule has 132 valence electrons. The second-order valence-electron chi connectivity index (χ2n) is 5.07. The smallest absolute Gasteiger partial charge is 0.263 e. The predicted octanol–water partition coefficient (Wildman–Crippen LogP) is 0.492. The normalized spacial score (nSPS) is 33.1. The van der Waals surface area contributed by atoms with E-state index in [1.54, 1.807) is 0 Å². The fourth-order valence-corrected chi connectivity index (χ4v) is 2.50. The van der Waals surface area contributed by atoms with Crippen LogP contribution < -0.4 is 0 Å². The molecule has 0 aromatic rings. The van der Waals surface area contributed by atoms with Crippen molar-refractivity contribution in [1.29, 1.82) is 0 Å². The van der Waals surface area contributed by atoms with Crippen molar-refractivity contribution >= 4 is 0 Å². The molecule has 4 unspecified atom stereocenters. The lowest BCUT2D eigenvalue weighted by molar-refractivity contribution is -0.747. The molecule has 0 heterocycles. The maximum Gasteiger partial charge on any atom is 0.421 e. The average molecular weight is 354 g/mol. The Bertz CT molecular complexity index is 696. The lowest BCUT2D eigenvalue weighted by Crippen LogP contribution is -2.64. The summed E-state index contributed by atoms with van der Waals surface area (Å²) in [5, 5.41) is 45.5. The van der Waals surface area contributed by atoms with Crippen LogP contribution in [0.5, 0.6) is 0 Å². The van der Waals surface area contributed by atoms with Gasteiger partial charge in [-0.2, -0.15) is 0 Å². The largest absolute Gasteiger partial charge is 0.421 e. The third-order valence-electron chi connectivity index (χ3n) is 3.68. The molecule has 0 spiro atoms. The van der Waals surface area contributed by atoms with Gasteiger partial charge in [0, 0.05) is 22.0 Å². The average Bonchev–Trinajstić information content (AvgIpc) is 2.54. The standard InChI is InChI=1S/C12H10N4O9/c17-13(18)9-5-1-3-7-11(9,15(21)22)25-12(16(23)24)8-4-2-6-10(12)14(19)20/h1-10H. The summed E-state index contributed by atoms with van der Waals surface area (Å²) in [6, 6.07) is -4.23. The van der Waals surface area contributed by atoms with E-state index in [-0.39, 0.29) is 0 Å². The summed E-state index contributed by atoms with van der Waals surface area (Å²) in [5.41, 5.74) is -5.98. The van der Waals surface area contributed by atoms with E-state index in [1.165, 1.54) is 0 Å². The number of nitrogens with zero attached hydrogens (tertiary/aromatic N) is 4. The number of allylic oxidation sites excluding steroid dienone is 4. The van der Waals surface area contributed by atoms with E-state index < -0.39 is 43.2 Å². The SMILES string of the molecule is O=[N+]([O-])C1C=CC=CC1(OC1([N+](=O)[O-])C=CC=CC1[N+](=O)[O-])[N+](=O)[O-]. The zero-order valence-electron chi connectivity index (χ0n) is 12.2. The van der Waals surface area contributed by atoms with E-state index in [1.807, 2.05) is 0 Å². The third-order valence-corrected chi connectivity index (χ3v) is 3.68. The maximum atomic E-state index is 11.6. The van der Waals surface area contributed by atoms with E-state index in [0.717, 1.165) is 36.5 Å². The Morgan fingerprint density at radius 2 is 1.04 bits per heavy atom. The van der Waals surface area contributed by atoms with Crippen LogP contribution in [0.15, 0.2) is 48.6 Å². The first-order valence-electron chi connectivity index (χ1n) is 6.65. The minimum Gasteiger partial charge on any atom is -0.263 e. The van der Waals surface area contributed by atoms with Crippen molar-refractivity contribution in [2.45, 2.75) is 23.5 Å². The summed E-state index contributed by atoms with van der Waals surface area (Å²) in [6.45, 7) is 0. The molecule has 0 amide bonds. The quantitative estimate of drug-likeness (QED) is 0.372. The van der Waals surface area contributed by atoms with Crippen LogP contribution in [0.25, 0.3) is 0 Å². The second kappa shape index (κ2) is 6.20. The van der Waals surface area contributed by atoms with Gasteiger partial charge in [-0.15, -0.1) is 0 Å². The van der Waals surface area contributed by atoms with Gasteiger partial charge in [0.15, 0.2) is 0 Å². The van der Waals surface area contributed by atoms with Gasteiger partial charge < -0.3 is 0 Å². The lowest BCUT2D eigenvalue weighted by Gasteiger charge is -2.31. The molecule has 2 aliphatic rings. The van der Waals surface area contributed by atoms with E-state index in [9.17, 15) is 40.5 Å². The summed E-state index contributed by atoms with van der Waals surface area (Å²) in [4.78, 5) is 41.0. The molecule has 13 heteroatoms. The van der Waals surface area contributed by atoms with Crippen molar-refractivity contribution in [3.63, 3.8) is 0 Å². The van der Waals surface area contributed by atoms with Crippen LogP contribution in [0.3, 0.4) is 0 Å². The maximum absolute atomic E-state index is 11.6. The van der Waals surface area contributed by atoms with Gasteiger partial charge >= 0.3 is 23.5 Å². The van der Waals surface area contributed by atoms with Crippen LogP contribution in [0.2, 0.25) is 0 Å². The van der Waals surface area contributed by atoms with E-state index in [2.05, 4.69) is 0 Å². The van der Waals surface area contributed by atoms with Gasteiger partial charge in [-0.25, -0.2) is 4.74 Å². The number of nitro groups is 4. The molecule has 0 saturated carbocycles. The molecule has 0 fully saturated rings. The van der Waals surface area contributed by atoms with Crippen LogP contribution in [-0.2, 0) is 4.74 Å². The molecule has 2 aliphatic carbocycles. The first-order valence-corrected chi connectivity index (χ1v) is 6.65. The Morgan fingerprint density at radius 3 is 1.32 bits per heavy atom.